The van der Waals surface area contributed by atoms with E-state index < -0.39 is 66.7 Å². The molecule has 2 aromatic carbocycles. The number of hydrogen-bond donors (Lipinski definition) is 0. The summed E-state index contributed by atoms with van der Waals surface area (Å²) in [7, 11) is -9.08. The molecule has 0 aromatic heterocycles. The molecule has 14 heteroatoms. The first-order valence-electron chi connectivity index (χ1n) is 8.72. The zero-order valence-electron chi connectivity index (χ0n) is 16.6. The van der Waals surface area contributed by atoms with Crippen molar-refractivity contribution in [3.05, 3.63) is 59.7 Å². The van der Waals surface area contributed by atoms with Crippen LogP contribution in [0.4, 0.5) is 26.3 Å². The highest BCUT2D eigenvalue weighted by Gasteiger charge is 2.32. The Balaban J connectivity index is 1.93. The molecule has 6 nitrogen and oxygen atoms in total. The van der Waals surface area contributed by atoms with Crippen LogP contribution in [-0.2, 0) is 41.0 Å². The van der Waals surface area contributed by atoms with Crippen molar-refractivity contribution in [2.24, 2.45) is 0 Å². The predicted octanol–water partition coefficient (Wildman–Crippen LogP) is 3.84. The Morgan fingerprint density at radius 1 is 0.647 bits per heavy atom. The van der Waals surface area contributed by atoms with Gasteiger partial charge in [0, 0.05) is 0 Å². The smallest absolute Gasteiger partial charge is 0.253 e. The van der Waals surface area contributed by atoms with Crippen molar-refractivity contribution in [2.45, 2.75) is 22.1 Å². The van der Waals surface area contributed by atoms with Gasteiger partial charge in [-0.3, -0.25) is 8.37 Å². The van der Waals surface area contributed by atoms with E-state index in [4.69, 9.17) is 0 Å². The van der Waals surface area contributed by atoms with E-state index in [2.05, 4.69) is 32.0 Å². The summed E-state index contributed by atoms with van der Waals surface area (Å²) in [5.74, 6) is 8.46. The summed E-state index contributed by atoms with van der Waals surface area (Å²) in [4.78, 5) is -1.47. The van der Waals surface area contributed by atoms with Crippen molar-refractivity contribution in [3.63, 3.8) is 0 Å². The van der Waals surface area contributed by atoms with Gasteiger partial charge in [-0.15, -0.1) is 0 Å². The van der Waals surface area contributed by atoms with Crippen molar-refractivity contribution in [3.8, 4) is 23.7 Å². The van der Waals surface area contributed by atoms with Crippen LogP contribution in [0.1, 0.15) is 11.1 Å². The molecule has 2 rings (SSSR count). The number of halogens is 6. The molecule has 0 spiro atoms. The van der Waals surface area contributed by atoms with Gasteiger partial charge in [0.2, 0.25) is 0 Å². The molecule has 34 heavy (non-hydrogen) atoms. The van der Waals surface area contributed by atoms with Gasteiger partial charge in [0.15, 0.2) is 0 Å². The number of alkyl halides is 6. The van der Waals surface area contributed by atoms with Gasteiger partial charge in [-0.2, -0.15) is 43.2 Å². The third kappa shape index (κ3) is 7.78. The predicted molar refractivity (Wildman–Crippen MR) is 105 cm³/mol. The fourth-order valence-corrected chi connectivity index (χ4v) is 3.90. The lowest BCUT2D eigenvalue weighted by Crippen LogP contribution is -2.10. The van der Waals surface area contributed by atoms with Crippen LogP contribution < -0.4 is 0 Å². The Morgan fingerprint density at radius 3 is 1.32 bits per heavy atom. The van der Waals surface area contributed by atoms with E-state index in [1.165, 1.54) is 0 Å². The average molecular weight is 526 g/mol. The van der Waals surface area contributed by atoms with Crippen molar-refractivity contribution >= 4 is 20.2 Å². The van der Waals surface area contributed by atoms with Crippen LogP contribution in [0, 0.1) is 23.7 Å². The highest BCUT2D eigenvalue weighted by molar-refractivity contribution is 7.87. The molecule has 0 saturated carbocycles. The Hall–Kier alpha value is -3.04. The monoisotopic (exact) mass is 526 g/mol. The summed E-state index contributed by atoms with van der Waals surface area (Å²) in [5.41, 5.74) is -2.37. The van der Waals surface area contributed by atoms with Gasteiger partial charge in [0.25, 0.3) is 20.2 Å². The summed E-state index contributed by atoms with van der Waals surface area (Å²) >= 11 is 0. The van der Waals surface area contributed by atoms with Crippen LogP contribution in [-0.4, -0.2) is 30.0 Å². The van der Waals surface area contributed by atoms with Crippen LogP contribution in [0.5, 0.6) is 0 Å². The van der Waals surface area contributed by atoms with E-state index in [0.717, 1.165) is 24.3 Å². The fraction of sp³-hybridized carbons (Fsp3) is 0.200. The molecule has 0 aliphatic heterocycles. The first kappa shape index (κ1) is 27.2. The number of rotatable bonds is 6. The molecule has 2 aromatic rings. The maximum Gasteiger partial charge on any atom is 0.416 e. The van der Waals surface area contributed by atoms with E-state index in [1.54, 1.807) is 0 Å². The van der Waals surface area contributed by atoms with Crippen LogP contribution in [0.25, 0.3) is 0 Å². The Morgan fingerprint density at radius 2 is 1.00 bits per heavy atom. The maximum atomic E-state index is 12.7. The SMILES string of the molecule is O=S(=O)(OCC#CC#CCOS(=O)(=O)c1cccc(C(F)(F)F)c1)c1cccc(C(F)(F)F)c1. The molecule has 0 N–H and O–H groups in total. The van der Waals surface area contributed by atoms with Crippen molar-refractivity contribution in [2.75, 3.05) is 13.2 Å². The molecule has 0 bridgehead atoms. The van der Waals surface area contributed by atoms with E-state index in [1.807, 2.05) is 0 Å². The fourth-order valence-electron chi connectivity index (χ4n) is 2.17. The summed E-state index contributed by atoms with van der Waals surface area (Å²) in [6.45, 7) is -1.53. The molecule has 0 saturated heterocycles. The Labute approximate surface area is 190 Å². The lowest BCUT2D eigenvalue weighted by atomic mass is 10.2. The highest BCUT2D eigenvalue weighted by atomic mass is 32.2. The second-order valence-electron chi connectivity index (χ2n) is 6.09. The van der Waals surface area contributed by atoms with Gasteiger partial charge in [0.1, 0.15) is 13.2 Å². The minimum atomic E-state index is -4.75. The summed E-state index contributed by atoms with van der Waals surface area (Å²) in [6.07, 6.45) is -9.50. The zero-order chi connectivity index (χ0) is 25.6. The molecule has 0 amide bonds. The summed E-state index contributed by atoms with van der Waals surface area (Å²) < 4.78 is 133. The molecule has 0 aliphatic carbocycles. The molecule has 0 unspecified atom stereocenters. The lowest BCUT2D eigenvalue weighted by molar-refractivity contribution is -0.138. The van der Waals surface area contributed by atoms with Gasteiger partial charge in [-0.1, -0.05) is 24.0 Å². The molecular formula is C20H12F6O6S2. The minimum absolute atomic E-state index is 0.394. The molecule has 182 valence electrons. The van der Waals surface area contributed by atoms with Crippen molar-refractivity contribution in [1.29, 1.82) is 0 Å². The number of benzene rings is 2. The molecule has 0 aliphatic rings. The van der Waals surface area contributed by atoms with E-state index in [9.17, 15) is 43.2 Å². The molecular weight excluding hydrogens is 514 g/mol. The number of hydrogen-bond acceptors (Lipinski definition) is 6. The summed E-state index contributed by atoms with van der Waals surface area (Å²) in [5, 5.41) is 0. The van der Waals surface area contributed by atoms with Crippen LogP contribution >= 0.6 is 0 Å². The first-order chi connectivity index (χ1) is 15.6. The van der Waals surface area contributed by atoms with Gasteiger partial charge >= 0.3 is 12.4 Å². The highest BCUT2D eigenvalue weighted by Crippen LogP contribution is 2.31. The molecule has 0 radical (unpaired) electrons. The minimum Gasteiger partial charge on any atom is -0.253 e. The van der Waals surface area contributed by atoms with E-state index >= 15 is 0 Å². The second kappa shape index (κ2) is 10.5. The third-order valence-corrected chi connectivity index (χ3v) is 6.23. The second-order valence-corrected chi connectivity index (χ2v) is 9.32. The Bertz CT molecular complexity index is 1270. The third-order valence-electron chi connectivity index (χ3n) is 3.71. The standard InChI is InChI=1S/C20H12F6O6S2/c21-19(22,23)15-7-5-9-17(13-15)33(27,28)31-11-3-1-2-4-12-32-34(29,30)18-10-6-8-16(14-18)20(24,25)26/h5-10,13-14H,11-12H2. The zero-order valence-corrected chi connectivity index (χ0v) is 18.2. The van der Waals surface area contributed by atoms with Crippen LogP contribution in [0.2, 0.25) is 0 Å². The first-order valence-corrected chi connectivity index (χ1v) is 11.5. The van der Waals surface area contributed by atoms with E-state index in [-0.39, 0.29) is 0 Å². The summed E-state index contributed by atoms with van der Waals surface area (Å²) in [6, 6.07) is 5.75. The quantitative estimate of drug-likeness (QED) is 0.323. The van der Waals surface area contributed by atoms with Gasteiger partial charge in [0.05, 0.1) is 20.9 Å². The molecule has 0 heterocycles. The molecule has 0 fully saturated rings. The topological polar surface area (TPSA) is 86.7 Å². The van der Waals surface area contributed by atoms with Crippen molar-refractivity contribution in [1.82, 2.24) is 0 Å². The molecule has 0 atom stereocenters. The normalized spacial score (nSPS) is 12.3. The van der Waals surface area contributed by atoms with Crippen LogP contribution in [0.3, 0.4) is 0 Å². The van der Waals surface area contributed by atoms with Gasteiger partial charge < -0.3 is 0 Å². The average Bonchev–Trinajstić information content (AvgIpc) is 2.74. The largest absolute Gasteiger partial charge is 0.416 e. The Kier molecular flexibility index (Phi) is 8.39. The lowest BCUT2D eigenvalue weighted by Gasteiger charge is -2.08. The van der Waals surface area contributed by atoms with Gasteiger partial charge in [-0.05, 0) is 48.2 Å². The van der Waals surface area contributed by atoms with Gasteiger partial charge in [-0.25, -0.2) is 0 Å². The maximum absolute atomic E-state index is 12.7. The van der Waals surface area contributed by atoms with Crippen LogP contribution in [0.15, 0.2) is 58.3 Å². The van der Waals surface area contributed by atoms with E-state index in [0.29, 0.717) is 24.3 Å². The van der Waals surface area contributed by atoms with Crippen molar-refractivity contribution < 1.29 is 51.5 Å².